The van der Waals surface area contributed by atoms with E-state index in [1.54, 1.807) is 0 Å². The summed E-state index contributed by atoms with van der Waals surface area (Å²) in [4.78, 5) is 18.9. The van der Waals surface area contributed by atoms with Gasteiger partial charge in [-0.1, -0.05) is 9.13 Å². The second kappa shape index (κ2) is 9.60. The Morgan fingerprint density at radius 2 is 1.33 bits per heavy atom. The van der Waals surface area contributed by atoms with Gasteiger partial charge in [0.25, 0.3) is 0 Å². The molecule has 9 heteroatoms. The zero-order valence-electron chi connectivity index (χ0n) is 4.51. The molecular formula is AlLiO4P2S. The molecule has 4 nitrogen and oxygen atoms in total. The third-order valence-electron chi connectivity index (χ3n) is 0.133. The van der Waals surface area contributed by atoms with Crippen molar-refractivity contribution >= 4 is 61.7 Å². The second-order valence-electron chi connectivity index (χ2n) is 0.529. The number of hydrogen-bond donors (Lipinski definition) is 0. The van der Waals surface area contributed by atoms with Gasteiger partial charge in [0.15, 0.2) is 0 Å². The van der Waals surface area contributed by atoms with Crippen molar-refractivity contribution in [3.8, 4) is 0 Å². The molecule has 0 bridgehead atoms. The third kappa shape index (κ3) is 17.7. The van der Waals surface area contributed by atoms with Crippen LogP contribution in [0.2, 0.25) is 0 Å². The fourth-order valence-corrected chi connectivity index (χ4v) is 1.47. The van der Waals surface area contributed by atoms with E-state index >= 15 is 0 Å². The summed E-state index contributed by atoms with van der Waals surface area (Å²) in [6.07, 6.45) is 0. The van der Waals surface area contributed by atoms with Gasteiger partial charge in [0.1, 0.15) is 0 Å². The molecule has 0 aromatic rings. The topological polar surface area (TPSA) is 80.3 Å². The zero-order chi connectivity index (χ0) is 5.86. The maximum Gasteiger partial charge on any atom is 0.438 e. The first kappa shape index (κ1) is 16.9. The van der Waals surface area contributed by atoms with Crippen LogP contribution in [-0.4, -0.2) is 36.2 Å². The third-order valence-corrected chi connectivity index (χ3v) is 3.60. The minimum atomic E-state index is -2.82. The van der Waals surface area contributed by atoms with Gasteiger partial charge in [0, 0.05) is 36.2 Å². The van der Waals surface area contributed by atoms with E-state index in [1.807, 2.05) is 0 Å². The molecule has 0 spiro atoms. The molecule has 0 aliphatic heterocycles. The Hall–Kier alpha value is 1.60. The average Bonchev–Trinajstić information content (AvgIpc) is 1.27. The van der Waals surface area contributed by atoms with Gasteiger partial charge in [0.05, 0.1) is 0 Å². The molecule has 0 aromatic carbocycles. The average molecular weight is 192 g/mol. The molecule has 2 atom stereocenters. The van der Waals surface area contributed by atoms with E-state index in [-0.39, 0.29) is 47.2 Å². The summed E-state index contributed by atoms with van der Waals surface area (Å²) in [6.45, 7) is 0. The normalized spacial score (nSPS) is 10.4. The Bertz CT molecular complexity index is 94.7. The minimum Gasteiger partial charge on any atom is -0.581 e. The molecule has 44 valence electrons. The SMILES string of the molecule is O=[P+]([O-])S[P+](=O)[O-].[Al].[Li]. The van der Waals surface area contributed by atoms with Gasteiger partial charge in [-0.15, -0.1) is 0 Å². The van der Waals surface area contributed by atoms with E-state index in [4.69, 9.17) is 0 Å². The van der Waals surface area contributed by atoms with Crippen LogP contribution in [0.25, 0.3) is 0 Å². The molecule has 0 rings (SSSR count). The maximum atomic E-state index is 9.43. The Labute approximate surface area is 80.3 Å². The van der Waals surface area contributed by atoms with E-state index in [2.05, 4.69) is 0 Å². The standard InChI is InChI=1S/Al.Li.O4P2S/c;;1-5(2)7-6(3)4. The molecule has 0 aliphatic rings. The number of hydrogen-bond acceptors (Lipinski definition) is 5. The molecule has 0 aromatic heterocycles. The predicted octanol–water partition coefficient (Wildman–Crippen LogP) is -1.01. The Morgan fingerprint density at radius 1 is 1.11 bits per heavy atom. The van der Waals surface area contributed by atoms with Gasteiger partial charge < -0.3 is 9.79 Å². The van der Waals surface area contributed by atoms with Crippen LogP contribution in [0.1, 0.15) is 0 Å². The molecule has 0 fully saturated rings. The van der Waals surface area contributed by atoms with Gasteiger partial charge >= 0.3 is 25.5 Å². The largest absolute Gasteiger partial charge is 0.581 e. The fourth-order valence-electron chi connectivity index (χ4n) is 0.0544. The molecule has 0 heterocycles. The molecule has 0 amide bonds. The van der Waals surface area contributed by atoms with Crippen molar-refractivity contribution in [1.29, 1.82) is 0 Å². The second-order valence-corrected chi connectivity index (χ2v) is 5.34. The summed E-state index contributed by atoms with van der Waals surface area (Å²) in [5.74, 6) is 0. The predicted molar refractivity (Wildman–Crippen MR) is 34.3 cm³/mol. The van der Waals surface area contributed by atoms with E-state index in [0.29, 0.717) is 0 Å². The molecule has 4 radical (unpaired) electrons. The van der Waals surface area contributed by atoms with Gasteiger partial charge in [-0.2, -0.15) is 0 Å². The van der Waals surface area contributed by atoms with Crippen molar-refractivity contribution in [1.82, 2.24) is 0 Å². The van der Waals surface area contributed by atoms with Crippen LogP contribution in [0.15, 0.2) is 0 Å². The fraction of sp³-hybridized carbons (Fsp3) is 0. The Morgan fingerprint density at radius 3 is 1.33 bits per heavy atom. The molecule has 2 unspecified atom stereocenters. The van der Waals surface area contributed by atoms with E-state index in [9.17, 15) is 18.9 Å². The first-order chi connectivity index (χ1) is 3.13. The summed E-state index contributed by atoms with van der Waals surface area (Å²) in [5, 5.41) is 0. The van der Waals surface area contributed by atoms with E-state index in [1.165, 1.54) is 0 Å². The van der Waals surface area contributed by atoms with Crippen molar-refractivity contribution < 1.29 is 18.9 Å². The van der Waals surface area contributed by atoms with Gasteiger partial charge in [-0.3, -0.25) is 0 Å². The van der Waals surface area contributed by atoms with Crippen LogP contribution in [-0.2, 0) is 9.13 Å². The molecule has 0 aliphatic carbocycles. The van der Waals surface area contributed by atoms with Crippen molar-refractivity contribution in [2.75, 3.05) is 0 Å². The van der Waals surface area contributed by atoms with Crippen LogP contribution in [0, 0.1) is 0 Å². The van der Waals surface area contributed by atoms with E-state index < -0.39 is 14.5 Å². The molecule has 0 N–H and O–H groups in total. The van der Waals surface area contributed by atoms with Gasteiger partial charge in [0.2, 0.25) is 0 Å². The number of rotatable bonds is 2. The van der Waals surface area contributed by atoms with Gasteiger partial charge in [-0.05, 0) is 0 Å². The summed E-state index contributed by atoms with van der Waals surface area (Å²) in [5.41, 5.74) is 0. The van der Waals surface area contributed by atoms with Crippen molar-refractivity contribution in [2.24, 2.45) is 0 Å². The molecule has 0 saturated heterocycles. The van der Waals surface area contributed by atoms with Crippen molar-refractivity contribution in [2.45, 2.75) is 0 Å². The van der Waals surface area contributed by atoms with Crippen molar-refractivity contribution in [3.05, 3.63) is 0 Å². The first-order valence-electron chi connectivity index (χ1n) is 1.10. The summed E-state index contributed by atoms with van der Waals surface area (Å²) in [7, 11) is -5.64. The minimum absolute atomic E-state index is 0. The Kier molecular flexibility index (Phi) is 18.0. The van der Waals surface area contributed by atoms with Crippen LogP contribution < -0.4 is 9.79 Å². The zero-order valence-corrected chi connectivity index (χ0v) is 8.27. The first-order valence-corrected chi connectivity index (χ1v) is 5.48. The summed E-state index contributed by atoms with van der Waals surface area (Å²) >= 11 is -0.0833. The molecule has 9 heavy (non-hydrogen) atoms. The van der Waals surface area contributed by atoms with Gasteiger partial charge in [-0.25, -0.2) is 0 Å². The molecular weight excluding hydrogens is 192 g/mol. The Balaban J connectivity index is -0.000000180. The smallest absolute Gasteiger partial charge is 0.438 e. The maximum absolute atomic E-state index is 9.43. The van der Waals surface area contributed by atoms with Crippen molar-refractivity contribution in [3.63, 3.8) is 0 Å². The summed E-state index contributed by atoms with van der Waals surface area (Å²) in [6, 6.07) is 0. The quantitative estimate of drug-likeness (QED) is 0.413. The summed E-state index contributed by atoms with van der Waals surface area (Å²) < 4.78 is 18.9. The monoisotopic (exact) mass is 192 g/mol. The van der Waals surface area contributed by atoms with Crippen LogP contribution in [0.3, 0.4) is 0 Å². The van der Waals surface area contributed by atoms with Crippen LogP contribution in [0.4, 0.5) is 0 Å². The molecule has 0 saturated carbocycles. The van der Waals surface area contributed by atoms with Crippen LogP contribution in [0.5, 0.6) is 0 Å². The van der Waals surface area contributed by atoms with Crippen LogP contribution >= 0.6 is 25.5 Å². The van der Waals surface area contributed by atoms with E-state index in [0.717, 1.165) is 0 Å².